The molecule has 1 aromatic heterocycles. The third kappa shape index (κ3) is 4.51. The molecule has 1 saturated heterocycles. The van der Waals surface area contributed by atoms with Gasteiger partial charge in [0.15, 0.2) is 5.11 Å². The molecule has 0 amide bonds. The Morgan fingerprint density at radius 2 is 2.04 bits per heavy atom. The summed E-state index contributed by atoms with van der Waals surface area (Å²) in [4.78, 5) is 3.69. The predicted molar refractivity (Wildman–Crippen MR) is 100 cm³/mol. The van der Waals surface area contributed by atoms with E-state index < -0.39 is 0 Å². The van der Waals surface area contributed by atoms with Gasteiger partial charge in [-0.05, 0) is 35.8 Å². The average molecular weight is 365 g/mol. The lowest BCUT2D eigenvalue weighted by Crippen LogP contribution is -2.44. The number of hydrogen-bond acceptors (Lipinski definition) is 4. The number of benzene rings is 1. The van der Waals surface area contributed by atoms with E-state index in [0.717, 1.165) is 26.3 Å². The van der Waals surface area contributed by atoms with Crippen LogP contribution in [0.3, 0.4) is 0 Å². The number of morpholine rings is 1. The molecule has 1 aliphatic heterocycles. The van der Waals surface area contributed by atoms with Crippen molar-refractivity contribution in [1.82, 2.24) is 10.2 Å². The van der Waals surface area contributed by atoms with Crippen LogP contribution in [0.5, 0.6) is 0 Å². The van der Waals surface area contributed by atoms with Gasteiger partial charge in [-0.15, -0.1) is 11.3 Å². The topological polar surface area (TPSA) is 36.5 Å². The van der Waals surface area contributed by atoms with E-state index in [1.807, 2.05) is 0 Å². The maximum Gasteiger partial charge on any atom is 0.170 e. The molecule has 24 heavy (non-hydrogen) atoms. The van der Waals surface area contributed by atoms with Crippen molar-refractivity contribution in [3.05, 3.63) is 52.5 Å². The molecule has 2 heterocycles. The number of ether oxygens (including phenoxy) is 1. The summed E-state index contributed by atoms with van der Waals surface area (Å²) in [5.74, 6) is -0.315. The quantitative estimate of drug-likeness (QED) is 0.796. The van der Waals surface area contributed by atoms with Crippen molar-refractivity contribution in [2.45, 2.75) is 6.04 Å². The highest BCUT2D eigenvalue weighted by molar-refractivity contribution is 7.80. The highest BCUT2D eigenvalue weighted by Gasteiger charge is 2.23. The minimum absolute atomic E-state index is 0.231. The van der Waals surface area contributed by atoms with E-state index in [9.17, 15) is 4.39 Å². The second kappa shape index (κ2) is 8.53. The average Bonchev–Trinajstić information content (AvgIpc) is 3.12. The van der Waals surface area contributed by atoms with Gasteiger partial charge in [-0.3, -0.25) is 4.90 Å². The maximum atomic E-state index is 13.7. The molecular weight excluding hydrogens is 345 g/mol. The van der Waals surface area contributed by atoms with Gasteiger partial charge in [0, 0.05) is 24.5 Å². The largest absolute Gasteiger partial charge is 0.379 e. The van der Waals surface area contributed by atoms with Crippen LogP contribution in [0.1, 0.15) is 10.9 Å². The fourth-order valence-corrected chi connectivity index (χ4v) is 3.75. The summed E-state index contributed by atoms with van der Waals surface area (Å²) in [7, 11) is 0. The van der Waals surface area contributed by atoms with Gasteiger partial charge in [0.05, 0.1) is 24.9 Å². The molecule has 1 atom stereocenters. The molecule has 1 aromatic carbocycles. The van der Waals surface area contributed by atoms with Crippen LogP contribution in [0.2, 0.25) is 0 Å². The summed E-state index contributed by atoms with van der Waals surface area (Å²) in [6, 6.07) is 10.9. The molecule has 0 saturated carbocycles. The Bertz CT molecular complexity index is 660. The van der Waals surface area contributed by atoms with Gasteiger partial charge in [0.2, 0.25) is 0 Å². The first-order valence-electron chi connectivity index (χ1n) is 7.88. The molecule has 128 valence electrons. The van der Waals surface area contributed by atoms with Crippen LogP contribution in [-0.2, 0) is 4.74 Å². The molecule has 0 aliphatic carbocycles. The Morgan fingerprint density at radius 3 is 2.75 bits per heavy atom. The van der Waals surface area contributed by atoms with Gasteiger partial charge < -0.3 is 15.4 Å². The number of hydrogen-bond donors (Lipinski definition) is 2. The molecule has 0 unspecified atom stereocenters. The lowest BCUT2D eigenvalue weighted by Gasteiger charge is -2.34. The Labute approximate surface area is 150 Å². The van der Waals surface area contributed by atoms with E-state index in [1.165, 1.54) is 10.9 Å². The Hall–Kier alpha value is -1.54. The standard InChI is InChI=1S/C17H20FN3OS2/c18-13-4-1-2-5-14(13)20-17(23)19-12-15(16-6-3-11-24-16)21-7-9-22-10-8-21/h1-6,11,15H,7-10,12H2,(H2,19,20,23)/t15-/m0/s1. The predicted octanol–water partition coefficient (Wildman–Crippen LogP) is 3.25. The third-order valence-corrected chi connectivity index (χ3v) is 5.16. The second-order valence-corrected chi connectivity index (χ2v) is 6.88. The van der Waals surface area contributed by atoms with E-state index in [0.29, 0.717) is 17.3 Å². The number of rotatable bonds is 5. The van der Waals surface area contributed by atoms with Crippen LogP contribution in [0.15, 0.2) is 41.8 Å². The van der Waals surface area contributed by atoms with Crippen LogP contribution < -0.4 is 10.6 Å². The van der Waals surface area contributed by atoms with E-state index in [1.54, 1.807) is 29.5 Å². The van der Waals surface area contributed by atoms with Crippen LogP contribution in [-0.4, -0.2) is 42.9 Å². The summed E-state index contributed by atoms with van der Waals surface area (Å²) >= 11 is 7.05. The normalized spacial score (nSPS) is 16.5. The van der Waals surface area contributed by atoms with E-state index in [-0.39, 0.29) is 11.9 Å². The summed E-state index contributed by atoms with van der Waals surface area (Å²) in [5.41, 5.74) is 0.383. The molecule has 2 N–H and O–H groups in total. The van der Waals surface area contributed by atoms with Crippen molar-refractivity contribution in [2.24, 2.45) is 0 Å². The third-order valence-electron chi connectivity index (χ3n) is 3.94. The van der Waals surface area contributed by atoms with Gasteiger partial charge in [-0.2, -0.15) is 0 Å². The Balaban J connectivity index is 1.61. The minimum atomic E-state index is -0.315. The highest BCUT2D eigenvalue weighted by atomic mass is 32.1. The van der Waals surface area contributed by atoms with Crippen molar-refractivity contribution >= 4 is 34.4 Å². The first-order valence-corrected chi connectivity index (χ1v) is 9.17. The smallest absolute Gasteiger partial charge is 0.170 e. The number of halogens is 1. The second-order valence-electron chi connectivity index (χ2n) is 5.49. The number of para-hydroxylation sites is 1. The molecule has 3 rings (SSSR count). The van der Waals surface area contributed by atoms with Crippen molar-refractivity contribution in [2.75, 3.05) is 38.2 Å². The number of thiophene rings is 1. The van der Waals surface area contributed by atoms with Crippen molar-refractivity contribution in [3.63, 3.8) is 0 Å². The lowest BCUT2D eigenvalue weighted by molar-refractivity contribution is 0.0177. The van der Waals surface area contributed by atoms with E-state index in [4.69, 9.17) is 17.0 Å². The zero-order valence-electron chi connectivity index (χ0n) is 13.2. The number of thiocarbonyl (C=S) groups is 1. The van der Waals surface area contributed by atoms with Crippen LogP contribution in [0.25, 0.3) is 0 Å². The van der Waals surface area contributed by atoms with Gasteiger partial charge >= 0.3 is 0 Å². The van der Waals surface area contributed by atoms with Gasteiger partial charge in [-0.25, -0.2) is 4.39 Å². The highest BCUT2D eigenvalue weighted by Crippen LogP contribution is 2.25. The molecular formula is C17H20FN3OS2. The van der Waals surface area contributed by atoms with Crippen LogP contribution in [0.4, 0.5) is 10.1 Å². The lowest BCUT2D eigenvalue weighted by atomic mass is 10.2. The summed E-state index contributed by atoms with van der Waals surface area (Å²) in [6.07, 6.45) is 0. The molecule has 1 aliphatic rings. The van der Waals surface area contributed by atoms with Crippen molar-refractivity contribution < 1.29 is 9.13 Å². The summed E-state index contributed by atoms with van der Waals surface area (Å²) in [5, 5.41) is 8.65. The Morgan fingerprint density at radius 1 is 1.25 bits per heavy atom. The monoisotopic (exact) mass is 365 g/mol. The van der Waals surface area contributed by atoms with E-state index in [2.05, 4.69) is 33.0 Å². The molecule has 0 radical (unpaired) electrons. The zero-order chi connectivity index (χ0) is 16.8. The van der Waals surface area contributed by atoms with Crippen molar-refractivity contribution in [3.8, 4) is 0 Å². The molecule has 4 nitrogen and oxygen atoms in total. The molecule has 0 spiro atoms. The number of nitrogens with zero attached hydrogens (tertiary/aromatic N) is 1. The molecule has 1 fully saturated rings. The Kier molecular flexibility index (Phi) is 6.14. The summed E-state index contributed by atoms with van der Waals surface area (Å²) in [6.45, 7) is 3.97. The number of anilines is 1. The zero-order valence-corrected chi connectivity index (χ0v) is 14.8. The maximum absolute atomic E-state index is 13.7. The van der Waals surface area contributed by atoms with E-state index >= 15 is 0 Å². The first-order chi connectivity index (χ1) is 11.7. The molecule has 7 heteroatoms. The molecule has 0 bridgehead atoms. The fourth-order valence-electron chi connectivity index (χ4n) is 2.70. The van der Waals surface area contributed by atoms with Gasteiger partial charge in [-0.1, -0.05) is 18.2 Å². The van der Waals surface area contributed by atoms with Crippen LogP contribution >= 0.6 is 23.6 Å². The fraction of sp³-hybridized carbons (Fsp3) is 0.353. The first kappa shape index (κ1) is 17.3. The summed E-state index contributed by atoms with van der Waals surface area (Å²) < 4.78 is 19.1. The number of nitrogens with one attached hydrogen (secondary N) is 2. The minimum Gasteiger partial charge on any atom is -0.379 e. The van der Waals surface area contributed by atoms with Crippen LogP contribution in [0, 0.1) is 5.82 Å². The van der Waals surface area contributed by atoms with Crippen molar-refractivity contribution in [1.29, 1.82) is 0 Å². The molecule has 2 aromatic rings. The van der Waals surface area contributed by atoms with Gasteiger partial charge in [0.1, 0.15) is 5.82 Å². The SMILES string of the molecule is Fc1ccccc1NC(=S)NC[C@@H](c1cccs1)N1CCOCC1. The van der Waals surface area contributed by atoms with Gasteiger partial charge in [0.25, 0.3) is 0 Å².